The van der Waals surface area contributed by atoms with E-state index in [0.717, 1.165) is 6.92 Å². The Morgan fingerprint density at radius 1 is 1.50 bits per heavy atom. The van der Waals surface area contributed by atoms with Gasteiger partial charge in [-0.3, -0.25) is 4.79 Å². The zero-order valence-electron chi connectivity index (χ0n) is 7.83. The second-order valence-electron chi connectivity index (χ2n) is 3.17. The topological polar surface area (TPSA) is 71.4 Å². The van der Waals surface area contributed by atoms with E-state index < -0.39 is 39.2 Å². The van der Waals surface area contributed by atoms with Gasteiger partial charge in [0.25, 0.3) is 0 Å². The zero-order chi connectivity index (χ0) is 11.6. The Balaban J connectivity index is 4.45. The lowest BCUT2D eigenvalue weighted by Crippen LogP contribution is -2.31. The molecule has 0 fully saturated rings. The molecule has 1 N–H and O–H groups in total. The van der Waals surface area contributed by atoms with Gasteiger partial charge in [-0.05, 0) is 13.8 Å². The molecular formula is C7H12F2O4S. The van der Waals surface area contributed by atoms with Crippen molar-refractivity contribution in [3.8, 4) is 0 Å². The molecule has 0 saturated heterocycles. The lowest BCUT2D eigenvalue weighted by atomic mass is 10.3. The van der Waals surface area contributed by atoms with Crippen LogP contribution >= 0.6 is 0 Å². The Labute approximate surface area is 80.8 Å². The fourth-order valence-corrected chi connectivity index (χ4v) is 1.96. The van der Waals surface area contributed by atoms with Crippen molar-refractivity contribution in [2.24, 2.45) is 0 Å². The molecule has 0 aliphatic heterocycles. The van der Waals surface area contributed by atoms with Crippen molar-refractivity contribution in [1.29, 1.82) is 0 Å². The standard InChI is InChI=1S/C7H12F2O4S/c1-5(6(10)11)14(12,13)4-3-7(2,8)9/h5H,3-4H2,1-2H3,(H,10,11). The SMILES string of the molecule is CC(C(=O)O)S(=O)(=O)CCC(C)(F)F. The minimum absolute atomic E-state index is 0.591. The van der Waals surface area contributed by atoms with Crippen molar-refractivity contribution in [3.05, 3.63) is 0 Å². The van der Waals surface area contributed by atoms with Gasteiger partial charge >= 0.3 is 5.97 Å². The summed E-state index contributed by atoms with van der Waals surface area (Å²) in [6.07, 6.45) is -0.854. The third-order valence-electron chi connectivity index (χ3n) is 1.71. The van der Waals surface area contributed by atoms with Crippen molar-refractivity contribution >= 4 is 15.8 Å². The summed E-state index contributed by atoms with van der Waals surface area (Å²) in [7, 11) is -3.97. The van der Waals surface area contributed by atoms with Gasteiger partial charge in [0.2, 0.25) is 5.92 Å². The molecule has 1 atom stereocenters. The molecule has 0 aromatic heterocycles. The van der Waals surface area contributed by atoms with Gasteiger partial charge in [-0.25, -0.2) is 17.2 Å². The van der Waals surface area contributed by atoms with E-state index in [9.17, 15) is 22.0 Å². The van der Waals surface area contributed by atoms with E-state index in [0.29, 0.717) is 6.92 Å². The molecule has 0 amide bonds. The molecule has 0 aliphatic rings. The van der Waals surface area contributed by atoms with Crippen molar-refractivity contribution in [1.82, 2.24) is 0 Å². The summed E-state index contributed by atoms with van der Waals surface area (Å²) < 4.78 is 46.8. The Hall–Kier alpha value is -0.720. The molecule has 0 saturated carbocycles. The molecule has 14 heavy (non-hydrogen) atoms. The maximum Gasteiger partial charge on any atom is 0.321 e. The third kappa shape index (κ3) is 4.50. The van der Waals surface area contributed by atoms with Crippen LogP contribution in [0.3, 0.4) is 0 Å². The number of carboxylic acid groups (broad SMARTS) is 1. The van der Waals surface area contributed by atoms with Crippen LogP contribution in [0.5, 0.6) is 0 Å². The maximum atomic E-state index is 12.3. The van der Waals surface area contributed by atoms with E-state index in [2.05, 4.69) is 0 Å². The molecule has 0 bridgehead atoms. The van der Waals surface area contributed by atoms with E-state index in [-0.39, 0.29) is 0 Å². The number of rotatable bonds is 5. The first-order chi connectivity index (χ1) is 6.06. The first-order valence-corrected chi connectivity index (χ1v) is 5.60. The molecule has 84 valence electrons. The molecule has 0 heterocycles. The fraction of sp³-hybridized carbons (Fsp3) is 0.857. The van der Waals surface area contributed by atoms with Crippen molar-refractivity contribution in [3.63, 3.8) is 0 Å². The van der Waals surface area contributed by atoms with E-state index in [1.165, 1.54) is 0 Å². The summed E-state index contributed by atoms with van der Waals surface area (Å²) in [6.45, 7) is 1.55. The lowest BCUT2D eigenvalue weighted by Gasteiger charge is -2.12. The third-order valence-corrected chi connectivity index (χ3v) is 3.76. The highest BCUT2D eigenvalue weighted by Crippen LogP contribution is 2.18. The summed E-state index contributed by atoms with van der Waals surface area (Å²) in [5.41, 5.74) is 0. The Kier molecular flexibility index (Phi) is 3.99. The van der Waals surface area contributed by atoms with Crippen LogP contribution in [0.15, 0.2) is 0 Å². The largest absolute Gasteiger partial charge is 0.480 e. The highest BCUT2D eigenvalue weighted by molar-refractivity contribution is 7.92. The van der Waals surface area contributed by atoms with Gasteiger partial charge in [0.05, 0.1) is 5.75 Å². The highest BCUT2D eigenvalue weighted by Gasteiger charge is 2.31. The first-order valence-electron chi connectivity index (χ1n) is 3.88. The molecule has 0 radical (unpaired) electrons. The van der Waals surface area contributed by atoms with Crippen LogP contribution in [0.2, 0.25) is 0 Å². The van der Waals surface area contributed by atoms with Crippen LogP contribution in [0.25, 0.3) is 0 Å². The van der Waals surface area contributed by atoms with Crippen LogP contribution in [0.1, 0.15) is 20.3 Å². The van der Waals surface area contributed by atoms with E-state index >= 15 is 0 Å². The monoisotopic (exact) mass is 230 g/mol. The average Bonchev–Trinajstić information content (AvgIpc) is 1.98. The Morgan fingerprint density at radius 3 is 2.21 bits per heavy atom. The number of carboxylic acids is 1. The van der Waals surface area contributed by atoms with Gasteiger partial charge in [0.1, 0.15) is 0 Å². The summed E-state index contributed by atoms with van der Waals surface area (Å²) >= 11 is 0. The second kappa shape index (κ2) is 4.20. The first kappa shape index (κ1) is 13.3. The van der Waals surface area contributed by atoms with Gasteiger partial charge in [-0.2, -0.15) is 0 Å². The minimum atomic E-state index is -3.97. The van der Waals surface area contributed by atoms with Gasteiger partial charge in [-0.15, -0.1) is 0 Å². The van der Waals surface area contributed by atoms with Gasteiger partial charge < -0.3 is 5.11 Å². The molecule has 0 aromatic carbocycles. The lowest BCUT2D eigenvalue weighted by molar-refractivity contribution is -0.136. The van der Waals surface area contributed by atoms with E-state index in [4.69, 9.17) is 5.11 Å². The highest BCUT2D eigenvalue weighted by atomic mass is 32.2. The van der Waals surface area contributed by atoms with Crippen molar-refractivity contribution < 1.29 is 27.1 Å². The van der Waals surface area contributed by atoms with E-state index in [1.54, 1.807) is 0 Å². The molecule has 0 spiro atoms. The molecule has 1 unspecified atom stereocenters. The number of sulfone groups is 1. The predicted octanol–water partition coefficient (Wildman–Crippen LogP) is 0.920. The van der Waals surface area contributed by atoms with Crippen LogP contribution < -0.4 is 0 Å². The number of carbonyl (C=O) groups is 1. The Morgan fingerprint density at radius 2 is 1.93 bits per heavy atom. The smallest absolute Gasteiger partial charge is 0.321 e. The number of alkyl halides is 2. The fourth-order valence-electron chi connectivity index (χ4n) is 0.652. The minimum Gasteiger partial charge on any atom is -0.480 e. The normalized spacial score (nSPS) is 15.1. The number of halogens is 2. The quantitative estimate of drug-likeness (QED) is 0.762. The molecule has 7 heteroatoms. The van der Waals surface area contributed by atoms with Crippen LogP contribution in [-0.4, -0.2) is 36.4 Å². The van der Waals surface area contributed by atoms with Gasteiger partial charge in [0, 0.05) is 6.42 Å². The Bertz CT molecular complexity index is 304. The average molecular weight is 230 g/mol. The number of aliphatic carboxylic acids is 1. The number of hydrogen-bond donors (Lipinski definition) is 1. The van der Waals surface area contributed by atoms with E-state index in [1.807, 2.05) is 0 Å². The summed E-state index contributed by atoms with van der Waals surface area (Å²) in [5, 5.41) is 6.75. The van der Waals surface area contributed by atoms with Crippen LogP contribution in [-0.2, 0) is 14.6 Å². The summed E-state index contributed by atoms with van der Waals surface area (Å²) in [5.74, 6) is -5.43. The van der Waals surface area contributed by atoms with Crippen LogP contribution in [0.4, 0.5) is 8.78 Å². The molecule has 0 rings (SSSR count). The molecule has 0 aliphatic carbocycles. The number of hydrogen-bond acceptors (Lipinski definition) is 3. The van der Waals surface area contributed by atoms with Gasteiger partial charge in [-0.1, -0.05) is 0 Å². The van der Waals surface area contributed by atoms with Gasteiger partial charge in [0.15, 0.2) is 15.1 Å². The zero-order valence-corrected chi connectivity index (χ0v) is 8.64. The predicted molar refractivity (Wildman–Crippen MR) is 46.1 cm³/mol. The maximum absolute atomic E-state index is 12.3. The van der Waals surface area contributed by atoms with Crippen molar-refractivity contribution in [2.45, 2.75) is 31.4 Å². The van der Waals surface area contributed by atoms with Crippen molar-refractivity contribution in [2.75, 3.05) is 5.75 Å². The molecule has 4 nitrogen and oxygen atoms in total. The summed E-state index contributed by atoms with van der Waals surface area (Å²) in [6, 6.07) is 0. The second-order valence-corrected chi connectivity index (χ2v) is 5.61. The van der Waals surface area contributed by atoms with Crippen LogP contribution in [0, 0.1) is 0 Å². The molecule has 0 aromatic rings. The molecular weight excluding hydrogens is 218 g/mol. The summed E-state index contributed by atoms with van der Waals surface area (Å²) in [4.78, 5) is 10.3.